The molecule has 0 fully saturated rings. The fourth-order valence-corrected chi connectivity index (χ4v) is 2.17. The van der Waals surface area contributed by atoms with Crippen molar-refractivity contribution in [3.05, 3.63) is 41.4 Å². The molecule has 0 saturated heterocycles. The smallest absolute Gasteiger partial charge is 0.124 e. The molecule has 0 radical (unpaired) electrons. The highest BCUT2D eigenvalue weighted by molar-refractivity contribution is 5.21. The topological polar surface area (TPSA) is 43.0 Å². The molecule has 0 aliphatic carbocycles. The summed E-state index contributed by atoms with van der Waals surface area (Å²) < 4.78 is 8.00. The number of hydrogen-bond donors (Lipinski definition) is 1. The van der Waals surface area contributed by atoms with Crippen LogP contribution in [-0.2, 0) is 19.5 Å². The van der Waals surface area contributed by atoms with Gasteiger partial charge in [-0.3, -0.25) is 0 Å². The van der Waals surface area contributed by atoms with Crippen molar-refractivity contribution in [1.82, 2.24) is 14.9 Å². The van der Waals surface area contributed by atoms with Crippen LogP contribution >= 0.6 is 0 Å². The summed E-state index contributed by atoms with van der Waals surface area (Å²) in [7, 11) is 0. The van der Waals surface area contributed by atoms with Gasteiger partial charge in [0.15, 0.2) is 0 Å². The molecule has 4 heteroatoms. The second kappa shape index (κ2) is 5.83. The third-order valence-corrected chi connectivity index (χ3v) is 3.32. The van der Waals surface area contributed by atoms with Crippen LogP contribution in [0.5, 0.6) is 0 Å². The molecule has 0 atom stereocenters. The Hall–Kier alpha value is -1.55. The Kier molecular flexibility index (Phi) is 4.33. The van der Waals surface area contributed by atoms with Crippen molar-refractivity contribution in [2.45, 2.75) is 59.7 Å². The van der Waals surface area contributed by atoms with Crippen LogP contribution < -0.4 is 5.32 Å². The minimum absolute atomic E-state index is 0.115. The van der Waals surface area contributed by atoms with Crippen molar-refractivity contribution >= 4 is 0 Å². The molecule has 0 aromatic carbocycles. The molecular formula is C16H25N3O. The van der Waals surface area contributed by atoms with Gasteiger partial charge in [-0.15, -0.1) is 0 Å². The largest absolute Gasteiger partial charge is 0.464 e. The fourth-order valence-electron chi connectivity index (χ4n) is 2.17. The number of rotatable bonds is 5. The van der Waals surface area contributed by atoms with Crippen LogP contribution in [-0.4, -0.2) is 15.1 Å². The van der Waals surface area contributed by atoms with Gasteiger partial charge < -0.3 is 14.3 Å². The van der Waals surface area contributed by atoms with Crippen molar-refractivity contribution in [3.63, 3.8) is 0 Å². The van der Waals surface area contributed by atoms with Gasteiger partial charge in [0.1, 0.15) is 17.3 Å². The van der Waals surface area contributed by atoms with Crippen molar-refractivity contribution in [3.8, 4) is 0 Å². The highest BCUT2D eigenvalue weighted by Crippen LogP contribution is 2.17. The summed E-state index contributed by atoms with van der Waals surface area (Å²) in [6.07, 6.45) is 4.78. The van der Waals surface area contributed by atoms with Crippen LogP contribution in [0.3, 0.4) is 0 Å². The number of aromatic nitrogens is 2. The van der Waals surface area contributed by atoms with E-state index >= 15 is 0 Å². The summed E-state index contributed by atoms with van der Waals surface area (Å²) in [6, 6.07) is 2.15. The van der Waals surface area contributed by atoms with Crippen LogP contribution in [0.2, 0.25) is 0 Å². The molecule has 0 spiro atoms. The number of imidazole rings is 1. The molecule has 2 aromatic heterocycles. The minimum atomic E-state index is 0.115. The SMILES string of the molecule is CCc1nccn1Cc1cc(CNC(C)(C)C)c(C)o1. The second-order valence-corrected chi connectivity index (χ2v) is 6.22. The maximum absolute atomic E-state index is 5.86. The lowest BCUT2D eigenvalue weighted by Crippen LogP contribution is -2.35. The lowest BCUT2D eigenvalue weighted by molar-refractivity contribution is 0.419. The van der Waals surface area contributed by atoms with Gasteiger partial charge >= 0.3 is 0 Å². The van der Waals surface area contributed by atoms with E-state index in [1.807, 2.05) is 19.3 Å². The lowest BCUT2D eigenvalue weighted by atomic mass is 10.1. The maximum Gasteiger partial charge on any atom is 0.124 e. The molecule has 0 saturated carbocycles. The first-order valence-corrected chi connectivity index (χ1v) is 7.22. The number of nitrogens with one attached hydrogen (secondary N) is 1. The Labute approximate surface area is 121 Å². The van der Waals surface area contributed by atoms with Gasteiger partial charge in [0, 0.05) is 36.5 Å². The number of furan rings is 1. The molecule has 0 unspecified atom stereocenters. The van der Waals surface area contributed by atoms with Crippen LogP contribution in [0.4, 0.5) is 0 Å². The van der Waals surface area contributed by atoms with E-state index in [-0.39, 0.29) is 5.54 Å². The zero-order chi connectivity index (χ0) is 14.8. The molecule has 0 aliphatic heterocycles. The molecule has 2 heterocycles. The van der Waals surface area contributed by atoms with Crippen LogP contribution in [0, 0.1) is 6.92 Å². The fraction of sp³-hybridized carbons (Fsp3) is 0.562. The van der Waals surface area contributed by atoms with E-state index in [2.05, 4.69) is 48.6 Å². The molecule has 110 valence electrons. The molecule has 2 rings (SSSR count). The van der Waals surface area contributed by atoms with Crippen LogP contribution in [0.25, 0.3) is 0 Å². The van der Waals surface area contributed by atoms with Gasteiger partial charge in [0.2, 0.25) is 0 Å². The Morgan fingerprint density at radius 1 is 1.35 bits per heavy atom. The molecule has 4 nitrogen and oxygen atoms in total. The molecule has 0 amide bonds. The first-order valence-electron chi connectivity index (χ1n) is 7.22. The predicted octanol–water partition coefficient (Wildman–Crippen LogP) is 3.28. The van der Waals surface area contributed by atoms with E-state index in [4.69, 9.17) is 4.42 Å². The first kappa shape index (κ1) is 14.9. The summed E-state index contributed by atoms with van der Waals surface area (Å²) >= 11 is 0. The summed E-state index contributed by atoms with van der Waals surface area (Å²) in [6.45, 7) is 12.2. The van der Waals surface area contributed by atoms with Gasteiger partial charge in [0.05, 0.1) is 6.54 Å². The van der Waals surface area contributed by atoms with Crippen molar-refractivity contribution < 1.29 is 4.42 Å². The highest BCUT2D eigenvalue weighted by Gasteiger charge is 2.13. The molecule has 0 bridgehead atoms. The summed E-state index contributed by atoms with van der Waals surface area (Å²) in [4.78, 5) is 4.34. The van der Waals surface area contributed by atoms with Gasteiger partial charge in [-0.05, 0) is 33.8 Å². The maximum atomic E-state index is 5.86. The van der Waals surface area contributed by atoms with E-state index in [9.17, 15) is 0 Å². The van der Waals surface area contributed by atoms with Gasteiger partial charge in [-0.2, -0.15) is 0 Å². The van der Waals surface area contributed by atoms with Crippen molar-refractivity contribution in [2.24, 2.45) is 0 Å². The van der Waals surface area contributed by atoms with Crippen LogP contribution in [0.15, 0.2) is 22.9 Å². The van der Waals surface area contributed by atoms with Crippen molar-refractivity contribution in [1.29, 1.82) is 0 Å². The Bertz CT molecular complexity index is 561. The van der Waals surface area contributed by atoms with E-state index in [0.717, 1.165) is 36.9 Å². The number of aryl methyl sites for hydroxylation is 2. The number of hydrogen-bond acceptors (Lipinski definition) is 3. The van der Waals surface area contributed by atoms with Gasteiger partial charge in [-0.25, -0.2) is 4.98 Å². The molecule has 2 aromatic rings. The first-order chi connectivity index (χ1) is 9.39. The van der Waals surface area contributed by atoms with E-state index in [0.29, 0.717) is 0 Å². The monoisotopic (exact) mass is 275 g/mol. The minimum Gasteiger partial charge on any atom is -0.464 e. The number of nitrogens with zero attached hydrogens (tertiary/aromatic N) is 2. The molecule has 20 heavy (non-hydrogen) atoms. The zero-order valence-electron chi connectivity index (χ0n) is 13.2. The quantitative estimate of drug-likeness (QED) is 0.910. The Balaban J connectivity index is 2.07. The summed E-state index contributed by atoms with van der Waals surface area (Å²) in [5, 5.41) is 3.49. The second-order valence-electron chi connectivity index (χ2n) is 6.22. The Morgan fingerprint density at radius 2 is 2.10 bits per heavy atom. The lowest BCUT2D eigenvalue weighted by Gasteiger charge is -2.20. The summed E-state index contributed by atoms with van der Waals surface area (Å²) in [5.41, 5.74) is 1.34. The Morgan fingerprint density at radius 3 is 2.75 bits per heavy atom. The standard InChI is InChI=1S/C16H25N3O/c1-6-15-17-7-8-19(15)11-14-9-13(12(2)20-14)10-18-16(3,4)5/h7-9,18H,6,10-11H2,1-5H3. The predicted molar refractivity (Wildman–Crippen MR) is 80.7 cm³/mol. The highest BCUT2D eigenvalue weighted by atomic mass is 16.3. The third kappa shape index (κ3) is 3.73. The molecular weight excluding hydrogens is 250 g/mol. The van der Waals surface area contributed by atoms with Gasteiger partial charge in [0.25, 0.3) is 0 Å². The third-order valence-electron chi connectivity index (χ3n) is 3.32. The molecule has 0 aliphatic rings. The van der Waals surface area contributed by atoms with E-state index in [1.165, 1.54) is 5.56 Å². The van der Waals surface area contributed by atoms with E-state index < -0.39 is 0 Å². The van der Waals surface area contributed by atoms with Crippen molar-refractivity contribution in [2.75, 3.05) is 0 Å². The zero-order valence-corrected chi connectivity index (χ0v) is 13.2. The molecule has 1 N–H and O–H groups in total. The van der Waals surface area contributed by atoms with Gasteiger partial charge in [-0.1, -0.05) is 6.92 Å². The average Bonchev–Trinajstić information content (AvgIpc) is 2.93. The normalized spacial score (nSPS) is 12.1. The van der Waals surface area contributed by atoms with E-state index in [1.54, 1.807) is 0 Å². The van der Waals surface area contributed by atoms with Crippen LogP contribution in [0.1, 0.15) is 50.6 Å². The average molecular weight is 275 g/mol. The summed E-state index contributed by atoms with van der Waals surface area (Å²) in [5.74, 6) is 3.07.